The lowest BCUT2D eigenvalue weighted by Gasteiger charge is -2.30. The molecule has 6 rings (SSSR count). The zero-order chi connectivity index (χ0) is 35.4. The molecular weight excluding hydrogens is 652 g/mol. The summed E-state index contributed by atoms with van der Waals surface area (Å²) in [6.45, 7) is 8.36. The van der Waals surface area contributed by atoms with Gasteiger partial charge >= 0.3 is 18.3 Å². The summed E-state index contributed by atoms with van der Waals surface area (Å²) >= 11 is 0. The van der Waals surface area contributed by atoms with Gasteiger partial charge in [-0.25, -0.2) is 24.4 Å². The Morgan fingerprint density at radius 1 is 0.878 bits per heavy atom. The predicted molar refractivity (Wildman–Crippen MR) is 170 cm³/mol. The van der Waals surface area contributed by atoms with E-state index in [2.05, 4.69) is 14.9 Å². The Labute approximate surface area is 279 Å². The van der Waals surface area contributed by atoms with Gasteiger partial charge in [0.05, 0.1) is 28.1 Å². The van der Waals surface area contributed by atoms with E-state index in [9.17, 15) is 36.2 Å². The minimum Gasteiger partial charge on any atom is -0.478 e. The van der Waals surface area contributed by atoms with Crippen molar-refractivity contribution in [3.05, 3.63) is 69.7 Å². The van der Waals surface area contributed by atoms with Crippen LogP contribution in [0.25, 0.3) is 11.0 Å². The fourth-order valence-corrected chi connectivity index (χ4v) is 6.01. The van der Waals surface area contributed by atoms with Crippen LogP contribution in [0.15, 0.2) is 30.5 Å². The second kappa shape index (κ2) is 12.8. The molecule has 0 spiro atoms. The minimum atomic E-state index is -5.03. The monoisotopic (exact) mass is 689 g/mol. The number of anilines is 2. The van der Waals surface area contributed by atoms with Gasteiger partial charge in [0, 0.05) is 49.4 Å². The van der Waals surface area contributed by atoms with Crippen molar-refractivity contribution in [1.82, 2.24) is 24.7 Å². The van der Waals surface area contributed by atoms with Gasteiger partial charge in [0.25, 0.3) is 0 Å². The molecular formula is C34H37F6N7O2. The summed E-state index contributed by atoms with van der Waals surface area (Å²) in [5, 5.41) is 15.0. The highest BCUT2D eigenvalue weighted by atomic mass is 19.4. The number of benzene rings is 1. The third kappa shape index (κ3) is 7.75. The van der Waals surface area contributed by atoms with Gasteiger partial charge in [0.2, 0.25) is 5.95 Å². The SMILES string of the molecule is Cc1nc(N(Cc2cc(C(F)(F)F)cc(C(F)(F)F)c2)Cc2cc3c(C)nn(C(C)C)c3nc2N(CC2CC2)CC2CC2)ncc1C(=O)O. The Bertz CT molecular complexity index is 1830. The largest absolute Gasteiger partial charge is 0.478 e. The molecule has 0 radical (unpaired) electrons. The van der Waals surface area contributed by atoms with Gasteiger partial charge in [-0.3, -0.25) is 0 Å². The standard InChI is InChI=1S/C34H37F6N7O2/c1-18(2)47-30-27(20(4)44-47)11-24(29(43-30)45(14-21-5-6-21)15-22-7-8-22)17-46(32-41-13-28(31(48)49)19(3)42-32)16-23-9-25(33(35,36)37)12-26(10-23)34(38,39)40/h9-13,18,21-22H,5-8,14-17H2,1-4H3,(H,48,49). The lowest BCUT2D eigenvalue weighted by molar-refractivity contribution is -0.143. The van der Waals surface area contributed by atoms with Gasteiger partial charge in [-0.1, -0.05) is 0 Å². The topological polar surface area (TPSA) is 100 Å². The van der Waals surface area contributed by atoms with E-state index in [1.165, 1.54) is 11.8 Å². The maximum Gasteiger partial charge on any atom is 0.416 e. The van der Waals surface area contributed by atoms with Gasteiger partial charge in [0.15, 0.2) is 5.65 Å². The zero-order valence-electron chi connectivity index (χ0n) is 27.5. The van der Waals surface area contributed by atoms with Crippen molar-refractivity contribution in [2.45, 2.75) is 84.9 Å². The Balaban J connectivity index is 1.51. The summed E-state index contributed by atoms with van der Waals surface area (Å²) in [7, 11) is 0. The smallest absolute Gasteiger partial charge is 0.416 e. The zero-order valence-corrected chi connectivity index (χ0v) is 27.5. The number of hydrogen-bond donors (Lipinski definition) is 1. The summed E-state index contributed by atoms with van der Waals surface area (Å²) in [6.07, 6.45) is -4.60. The normalized spacial score (nSPS) is 15.3. The maximum absolute atomic E-state index is 13.8. The van der Waals surface area contributed by atoms with Gasteiger partial charge in [0.1, 0.15) is 5.82 Å². The van der Waals surface area contributed by atoms with E-state index in [-0.39, 0.29) is 41.4 Å². The number of carboxylic acid groups (broad SMARTS) is 1. The first-order chi connectivity index (χ1) is 23.0. The second-order valence-corrected chi connectivity index (χ2v) is 13.5. The molecule has 49 heavy (non-hydrogen) atoms. The summed E-state index contributed by atoms with van der Waals surface area (Å²) in [5.41, 5.74) is -1.15. The Morgan fingerprint density at radius 2 is 1.47 bits per heavy atom. The number of carboxylic acids is 1. The summed E-state index contributed by atoms with van der Waals surface area (Å²) in [5.74, 6) is 0.338. The molecule has 0 saturated heterocycles. The number of fused-ring (bicyclic) bond motifs is 1. The van der Waals surface area contributed by atoms with E-state index in [1.807, 2.05) is 31.5 Å². The highest BCUT2D eigenvalue weighted by Crippen LogP contribution is 2.39. The molecule has 1 N–H and O–H groups in total. The molecule has 0 unspecified atom stereocenters. The first kappa shape index (κ1) is 34.4. The van der Waals surface area contributed by atoms with Gasteiger partial charge < -0.3 is 14.9 Å². The molecule has 15 heteroatoms. The predicted octanol–water partition coefficient (Wildman–Crippen LogP) is 7.99. The molecule has 3 heterocycles. The molecule has 2 saturated carbocycles. The van der Waals surface area contributed by atoms with E-state index >= 15 is 0 Å². The van der Waals surface area contributed by atoms with E-state index in [1.54, 1.807) is 0 Å². The van der Waals surface area contributed by atoms with Gasteiger partial charge in [-0.05, 0) is 95.0 Å². The van der Waals surface area contributed by atoms with Crippen molar-refractivity contribution in [1.29, 1.82) is 0 Å². The third-order valence-electron chi connectivity index (χ3n) is 8.92. The van der Waals surface area contributed by atoms with Crippen LogP contribution in [0.2, 0.25) is 0 Å². The molecule has 0 atom stereocenters. The van der Waals surface area contributed by atoms with Crippen molar-refractivity contribution in [3.8, 4) is 0 Å². The van der Waals surface area contributed by atoms with E-state index in [0.717, 1.165) is 56.0 Å². The number of aromatic nitrogens is 5. The highest BCUT2D eigenvalue weighted by molar-refractivity contribution is 5.88. The molecule has 0 amide bonds. The number of aromatic carboxylic acids is 1. The number of nitrogens with zero attached hydrogens (tertiary/aromatic N) is 7. The Kier molecular flexibility index (Phi) is 8.99. The summed E-state index contributed by atoms with van der Waals surface area (Å²) in [6, 6.07) is 3.41. The number of halogens is 6. The molecule has 9 nitrogen and oxygen atoms in total. The number of carbonyl (C=O) groups is 1. The van der Waals surface area contributed by atoms with Gasteiger partial charge in [-0.2, -0.15) is 31.4 Å². The Hall–Kier alpha value is -4.43. The molecule has 2 aliphatic carbocycles. The van der Waals surface area contributed by atoms with Crippen LogP contribution in [0.1, 0.15) is 89.6 Å². The quantitative estimate of drug-likeness (QED) is 0.150. The number of hydrogen-bond acceptors (Lipinski definition) is 7. The molecule has 262 valence electrons. The van der Waals surface area contributed by atoms with Crippen LogP contribution >= 0.6 is 0 Å². The molecule has 3 aromatic heterocycles. The number of alkyl halides is 6. The fourth-order valence-electron chi connectivity index (χ4n) is 6.01. The lowest BCUT2D eigenvalue weighted by atomic mass is 10.0. The molecule has 2 aliphatic rings. The average molecular weight is 690 g/mol. The lowest BCUT2D eigenvalue weighted by Crippen LogP contribution is -2.32. The van der Waals surface area contributed by atoms with E-state index in [0.29, 0.717) is 41.0 Å². The minimum absolute atomic E-state index is 0.00655. The van der Waals surface area contributed by atoms with Gasteiger partial charge in [-0.15, -0.1) is 0 Å². The first-order valence-electron chi connectivity index (χ1n) is 16.2. The van der Waals surface area contributed by atoms with Crippen LogP contribution in [0.5, 0.6) is 0 Å². The van der Waals surface area contributed by atoms with Crippen molar-refractivity contribution in [3.63, 3.8) is 0 Å². The van der Waals surface area contributed by atoms with Crippen LogP contribution in [0, 0.1) is 25.7 Å². The number of aryl methyl sites for hydroxylation is 2. The summed E-state index contributed by atoms with van der Waals surface area (Å²) < 4.78 is 84.9. The first-order valence-corrected chi connectivity index (χ1v) is 16.2. The van der Waals surface area contributed by atoms with Crippen LogP contribution in [0.4, 0.5) is 38.1 Å². The summed E-state index contributed by atoms with van der Waals surface area (Å²) in [4.78, 5) is 29.2. The fraction of sp³-hybridized carbons (Fsp3) is 0.500. The average Bonchev–Trinajstić information content (AvgIpc) is 3.95. The highest BCUT2D eigenvalue weighted by Gasteiger charge is 2.37. The molecule has 0 bridgehead atoms. The van der Waals surface area contributed by atoms with Crippen molar-refractivity contribution in [2.24, 2.45) is 11.8 Å². The molecule has 0 aliphatic heterocycles. The number of rotatable bonds is 12. The molecule has 1 aromatic carbocycles. The Morgan fingerprint density at radius 3 is 1.96 bits per heavy atom. The van der Waals surface area contributed by atoms with Crippen molar-refractivity contribution in [2.75, 3.05) is 22.9 Å². The van der Waals surface area contributed by atoms with Crippen LogP contribution in [0.3, 0.4) is 0 Å². The van der Waals surface area contributed by atoms with Crippen molar-refractivity contribution >= 4 is 28.8 Å². The van der Waals surface area contributed by atoms with Crippen molar-refractivity contribution < 1.29 is 36.2 Å². The van der Waals surface area contributed by atoms with E-state index in [4.69, 9.17) is 10.1 Å². The van der Waals surface area contributed by atoms with Crippen LogP contribution < -0.4 is 9.80 Å². The second-order valence-electron chi connectivity index (χ2n) is 13.5. The molecule has 4 aromatic rings. The van der Waals surface area contributed by atoms with Crippen LogP contribution in [-0.4, -0.2) is 48.9 Å². The number of pyridine rings is 1. The maximum atomic E-state index is 13.8. The van der Waals surface area contributed by atoms with E-state index < -0.39 is 36.0 Å². The molecule has 2 fully saturated rings. The van der Waals surface area contributed by atoms with Crippen LogP contribution in [-0.2, 0) is 25.4 Å². The third-order valence-corrected chi connectivity index (χ3v) is 8.92.